The molecule has 1 atom stereocenters. The predicted octanol–water partition coefficient (Wildman–Crippen LogP) is 2.65. The van der Waals surface area contributed by atoms with Crippen LogP contribution in [-0.2, 0) is 6.54 Å². The van der Waals surface area contributed by atoms with Crippen LogP contribution in [0.4, 0.5) is 0 Å². The van der Waals surface area contributed by atoms with Crippen LogP contribution in [0, 0.1) is 0 Å². The van der Waals surface area contributed by atoms with Gasteiger partial charge in [-0.3, -0.25) is 9.97 Å². The van der Waals surface area contributed by atoms with Crippen LogP contribution >= 0.6 is 0 Å². The molecule has 0 saturated heterocycles. The zero-order valence-electron chi connectivity index (χ0n) is 12.9. The Kier molecular flexibility index (Phi) is 6.31. The topological polar surface area (TPSA) is 41.0 Å². The average Bonchev–Trinajstić information content (AvgIpc) is 2.53. The zero-order chi connectivity index (χ0) is 14.9. The second kappa shape index (κ2) is 8.49. The summed E-state index contributed by atoms with van der Waals surface area (Å²) in [5, 5.41) is 3.49. The Morgan fingerprint density at radius 2 is 2.00 bits per heavy atom. The highest BCUT2D eigenvalue weighted by Crippen LogP contribution is 2.06. The molecule has 0 spiro atoms. The van der Waals surface area contributed by atoms with Crippen LogP contribution in [0.5, 0.6) is 0 Å². The van der Waals surface area contributed by atoms with Gasteiger partial charge in [-0.05, 0) is 39.0 Å². The summed E-state index contributed by atoms with van der Waals surface area (Å²) in [6.07, 6.45) is 6.38. The predicted molar refractivity (Wildman–Crippen MR) is 85.8 cm³/mol. The lowest BCUT2D eigenvalue weighted by atomic mass is 10.2. The lowest BCUT2D eigenvalue weighted by Gasteiger charge is -2.18. The molecular weight excluding hydrogens is 260 g/mol. The van der Waals surface area contributed by atoms with E-state index in [0.29, 0.717) is 0 Å². The van der Waals surface area contributed by atoms with E-state index in [4.69, 9.17) is 0 Å². The van der Waals surface area contributed by atoms with Crippen molar-refractivity contribution < 1.29 is 0 Å². The van der Waals surface area contributed by atoms with Crippen LogP contribution in [0.3, 0.4) is 0 Å². The number of aromatic nitrogens is 2. The maximum atomic E-state index is 4.31. The zero-order valence-corrected chi connectivity index (χ0v) is 12.9. The summed E-state index contributed by atoms with van der Waals surface area (Å²) in [5.41, 5.74) is 2.36. The molecule has 21 heavy (non-hydrogen) atoms. The molecule has 1 aromatic carbocycles. The molecule has 0 aliphatic rings. The third-order valence-electron chi connectivity index (χ3n) is 3.49. The van der Waals surface area contributed by atoms with Crippen LogP contribution in [0.1, 0.15) is 30.6 Å². The molecule has 2 rings (SSSR count). The molecule has 1 unspecified atom stereocenters. The Balaban J connectivity index is 1.63. The van der Waals surface area contributed by atoms with E-state index >= 15 is 0 Å². The number of rotatable bonds is 8. The van der Waals surface area contributed by atoms with E-state index in [2.05, 4.69) is 64.5 Å². The number of hydrogen-bond donors (Lipinski definition) is 1. The SMILES string of the molecule is CC(NCCCN(C)Cc1ccccc1)c1cnccn1. The van der Waals surface area contributed by atoms with Crippen molar-refractivity contribution in [2.24, 2.45) is 0 Å². The fourth-order valence-corrected chi connectivity index (χ4v) is 2.28. The maximum absolute atomic E-state index is 4.31. The van der Waals surface area contributed by atoms with Crippen LogP contribution in [0.15, 0.2) is 48.9 Å². The Hall–Kier alpha value is -1.78. The molecule has 4 nitrogen and oxygen atoms in total. The Labute approximate surface area is 127 Å². The summed E-state index contributed by atoms with van der Waals surface area (Å²) in [7, 11) is 2.17. The summed E-state index contributed by atoms with van der Waals surface area (Å²) < 4.78 is 0. The fraction of sp³-hybridized carbons (Fsp3) is 0.412. The third kappa shape index (κ3) is 5.61. The molecule has 4 heteroatoms. The van der Waals surface area contributed by atoms with Crippen LogP contribution in [0.2, 0.25) is 0 Å². The Morgan fingerprint density at radius 3 is 2.71 bits per heavy atom. The molecule has 0 aliphatic heterocycles. The van der Waals surface area contributed by atoms with Crippen LogP contribution in [-0.4, -0.2) is 35.0 Å². The minimum atomic E-state index is 0.248. The highest BCUT2D eigenvalue weighted by molar-refractivity contribution is 5.14. The summed E-state index contributed by atoms with van der Waals surface area (Å²) >= 11 is 0. The van der Waals surface area contributed by atoms with E-state index in [-0.39, 0.29) is 6.04 Å². The van der Waals surface area contributed by atoms with E-state index in [1.165, 1.54) is 5.56 Å². The molecule has 0 radical (unpaired) electrons. The van der Waals surface area contributed by atoms with Crippen molar-refractivity contribution in [3.8, 4) is 0 Å². The highest BCUT2D eigenvalue weighted by Gasteiger charge is 2.05. The summed E-state index contributed by atoms with van der Waals surface area (Å²) in [5.74, 6) is 0. The maximum Gasteiger partial charge on any atom is 0.0753 e. The molecular formula is C17H24N4. The lowest BCUT2D eigenvalue weighted by molar-refractivity contribution is 0.317. The minimum Gasteiger partial charge on any atom is -0.309 e. The Morgan fingerprint density at radius 1 is 1.19 bits per heavy atom. The number of benzene rings is 1. The lowest BCUT2D eigenvalue weighted by Crippen LogP contribution is -2.26. The molecule has 0 fully saturated rings. The smallest absolute Gasteiger partial charge is 0.0753 e. The minimum absolute atomic E-state index is 0.248. The largest absolute Gasteiger partial charge is 0.309 e. The van der Waals surface area contributed by atoms with Gasteiger partial charge in [-0.15, -0.1) is 0 Å². The summed E-state index contributed by atoms with van der Waals surface area (Å²) in [6, 6.07) is 10.8. The van der Waals surface area contributed by atoms with Gasteiger partial charge in [-0.2, -0.15) is 0 Å². The van der Waals surface area contributed by atoms with Crippen molar-refractivity contribution in [2.45, 2.75) is 25.9 Å². The molecule has 112 valence electrons. The number of hydrogen-bond acceptors (Lipinski definition) is 4. The van der Waals surface area contributed by atoms with Crippen molar-refractivity contribution >= 4 is 0 Å². The molecule has 1 N–H and O–H groups in total. The third-order valence-corrected chi connectivity index (χ3v) is 3.49. The number of nitrogens with zero attached hydrogens (tertiary/aromatic N) is 3. The van der Waals surface area contributed by atoms with E-state index in [1.54, 1.807) is 12.4 Å². The van der Waals surface area contributed by atoms with Crippen molar-refractivity contribution in [3.63, 3.8) is 0 Å². The van der Waals surface area contributed by atoms with Gasteiger partial charge in [0, 0.05) is 31.2 Å². The van der Waals surface area contributed by atoms with Crippen molar-refractivity contribution in [2.75, 3.05) is 20.1 Å². The van der Waals surface area contributed by atoms with Gasteiger partial charge in [-0.25, -0.2) is 0 Å². The normalized spacial score (nSPS) is 12.5. The van der Waals surface area contributed by atoms with E-state index in [0.717, 1.165) is 31.7 Å². The fourth-order valence-electron chi connectivity index (χ4n) is 2.28. The standard InChI is InChI=1S/C17H24N4/c1-15(17-13-18-10-11-20-17)19-9-6-12-21(2)14-16-7-4-3-5-8-16/h3-5,7-8,10-11,13,15,19H,6,9,12,14H2,1-2H3. The van der Waals surface area contributed by atoms with Gasteiger partial charge in [0.2, 0.25) is 0 Å². The quantitative estimate of drug-likeness (QED) is 0.757. The van der Waals surface area contributed by atoms with Gasteiger partial charge in [0.15, 0.2) is 0 Å². The first kappa shape index (κ1) is 15.6. The van der Waals surface area contributed by atoms with Gasteiger partial charge < -0.3 is 10.2 Å². The van der Waals surface area contributed by atoms with Crippen molar-refractivity contribution in [1.29, 1.82) is 0 Å². The van der Waals surface area contributed by atoms with E-state index < -0.39 is 0 Å². The number of nitrogens with one attached hydrogen (secondary N) is 1. The first-order chi connectivity index (χ1) is 10.3. The second-order valence-corrected chi connectivity index (χ2v) is 5.38. The van der Waals surface area contributed by atoms with Crippen molar-refractivity contribution in [3.05, 3.63) is 60.2 Å². The van der Waals surface area contributed by atoms with Crippen LogP contribution in [0.25, 0.3) is 0 Å². The van der Waals surface area contributed by atoms with Crippen LogP contribution < -0.4 is 5.32 Å². The first-order valence-electron chi connectivity index (χ1n) is 7.47. The average molecular weight is 284 g/mol. The molecule has 2 aromatic rings. The molecule has 0 aliphatic carbocycles. The van der Waals surface area contributed by atoms with Gasteiger partial charge in [0.25, 0.3) is 0 Å². The van der Waals surface area contributed by atoms with Gasteiger partial charge in [0.05, 0.1) is 5.69 Å². The van der Waals surface area contributed by atoms with E-state index in [9.17, 15) is 0 Å². The molecule has 0 bridgehead atoms. The highest BCUT2D eigenvalue weighted by atomic mass is 15.1. The monoisotopic (exact) mass is 284 g/mol. The van der Waals surface area contributed by atoms with Gasteiger partial charge in [-0.1, -0.05) is 30.3 Å². The van der Waals surface area contributed by atoms with Gasteiger partial charge >= 0.3 is 0 Å². The summed E-state index contributed by atoms with van der Waals surface area (Å²) in [4.78, 5) is 10.8. The molecule has 1 aromatic heterocycles. The van der Waals surface area contributed by atoms with E-state index in [1.807, 2.05) is 6.20 Å². The second-order valence-electron chi connectivity index (χ2n) is 5.38. The summed E-state index contributed by atoms with van der Waals surface area (Å²) in [6.45, 7) is 5.18. The Bertz CT molecular complexity index is 501. The van der Waals surface area contributed by atoms with Gasteiger partial charge in [0.1, 0.15) is 0 Å². The molecule has 0 saturated carbocycles. The molecule has 1 heterocycles. The first-order valence-corrected chi connectivity index (χ1v) is 7.47. The molecule has 0 amide bonds. The van der Waals surface area contributed by atoms with Crippen molar-refractivity contribution in [1.82, 2.24) is 20.2 Å².